The molecule has 0 aliphatic carbocycles. The summed E-state index contributed by atoms with van der Waals surface area (Å²) in [6.07, 6.45) is -4.39. The summed E-state index contributed by atoms with van der Waals surface area (Å²) in [5.41, 5.74) is 1.69. The molecule has 0 unspecified atom stereocenters. The predicted molar refractivity (Wildman–Crippen MR) is 170 cm³/mol. The van der Waals surface area contributed by atoms with Crippen molar-refractivity contribution in [2.45, 2.75) is 23.9 Å². The Balaban J connectivity index is 0.000000707. The van der Waals surface area contributed by atoms with Gasteiger partial charge in [-0.3, -0.25) is 9.59 Å². The van der Waals surface area contributed by atoms with Crippen LogP contribution in [0.1, 0.15) is 21.7 Å². The van der Waals surface area contributed by atoms with Crippen LogP contribution < -0.4 is 14.7 Å². The number of carboxylic acid groups (broad SMARTS) is 1. The standard InChI is InChI=1S/C28H32Cl2N3O3S2.C2HF3O2/c1-31(12-14-33(2,3)4)26(34)10-9-19-17-21(30)24(18-20(19)29)36-23-11-15-38-27(23)28(35)32-13-16-37-25-8-6-5-7-22(25)32;3-2(4,5)1(6)7/h5-8,11,15,17-18H,9-10,12-14,16H2,1-4H3;(H,6,7)/q+1;/p-1. The molecule has 0 atom stereocenters. The molecule has 4 rings (SSSR count). The number of nitrogens with zero attached hydrogens (tertiary/aromatic N) is 3. The highest BCUT2D eigenvalue weighted by Crippen LogP contribution is 2.40. The average molecular weight is 707 g/mol. The Morgan fingerprint density at radius 2 is 1.73 bits per heavy atom. The van der Waals surface area contributed by atoms with Gasteiger partial charge in [0, 0.05) is 41.8 Å². The third kappa shape index (κ3) is 10.5. The number of amides is 2. The van der Waals surface area contributed by atoms with Gasteiger partial charge in [0.1, 0.15) is 16.6 Å². The van der Waals surface area contributed by atoms with Gasteiger partial charge < -0.3 is 28.9 Å². The first kappa shape index (κ1) is 36.5. The minimum atomic E-state index is -5.19. The molecular formula is C30H32Cl2F3N3O5S2. The van der Waals surface area contributed by atoms with Gasteiger partial charge in [0.05, 0.1) is 44.9 Å². The van der Waals surface area contributed by atoms with Gasteiger partial charge in [-0.2, -0.15) is 13.2 Å². The van der Waals surface area contributed by atoms with E-state index in [0.29, 0.717) is 52.4 Å². The normalized spacial score (nSPS) is 13.0. The van der Waals surface area contributed by atoms with Crippen LogP contribution in [-0.4, -0.2) is 86.9 Å². The van der Waals surface area contributed by atoms with Crippen molar-refractivity contribution in [1.29, 1.82) is 0 Å². The number of carboxylic acids is 1. The minimum Gasteiger partial charge on any atom is -0.542 e. The van der Waals surface area contributed by atoms with Gasteiger partial charge >= 0.3 is 6.18 Å². The summed E-state index contributed by atoms with van der Waals surface area (Å²) < 4.78 is 38.5. The number of hydrogen-bond acceptors (Lipinski definition) is 7. The van der Waals surface area contributed by atoms with Crippen LogP contribution in [0.2, 0.25) is 10.0 Å². The van der Waals surface area contributed by atoms with E-state index in [0.717, 1.165) is 32.9 Å². The number of halogens is 5. The van der Waals surface area contributed by atoms with E-state index in [2.05, 4.69) is 21.1 Å². The first-order valence-electron chi connectivity index (χ1n) is 13.6. The zero-order chi connectivity index (χ0) is 33.5. The molecule has 0 saturated carbocycles. The fraction of sp³-hybridized carbons (Fsp3) is 0.367. The largest absolute Gasteiger partial charge is 0.542 e. The number of anilines is 1. The van der Waals surface area contributed by atoms with E-state index >= 15 is 0 Å². The number of carbonyl (C=O) groups excluding carboxylic acids is 3. The lowest BCUT2D eigenvalue weighted by atomic mass is 10.1. The van der Waals surface area contributed by atoms with Gasteiger partial charge in [-0.25, -0.2) is 0 Å². The molecule has 0 N–H and O–H groups in total. The smallest absolute Gasteiger partial charge is 0.430 e. The number of hydrogen-bond donors (Lipinski definition) is 0. The number of likely N-dealkylation sites (N-methyl/N-ethyl adjacent to an activating group) is 2. The van der Waals surface area contributed by atoms with Gasteiger partial charge in [0.25, 0.3) is 5.91 Å². The fourth-order valence-corrected chi connectivity index (χ4v) is 6.23. The van der Waals surface area contributed by atoms with Gasteiger partial charge in [0.15, 0.2) is 5.75 Å². The van der Waals surface area contributed by atoms with Crippen LogP contribution in [0.5, 0.6) is 11.5 Å². The van der Waals surface area contributed by atoms with Crippen LogP contribution in [0.15, 0.2) is 52.7 Å². The molecule has 2 amide bonds. The van der Waals surface area contributed by atoms with Crippen molar-refractivity contribution in [1.82, 2.24) is 4.90 Å². The summed E-state index contributed by atoms with van der Waals surface area (Å²) in [4.78, 5) is 40.0. The van der Waals surface area contributed by atoms with Crippen LogP contribution in [0.3, 0.4) is 0 Å². The SMILES string of the molecule is CN(CC[N+](C)(C)C)C(=O)CCc1cc(Cl)c(Oc2ccsc2C(=O)N2CCSc3ccccc32)cc1Cl.O=C([O-])C(F)(F)F. The number of ether oxygens (including phenoxy) is 1. The monoisotopic (exact) mass is 705 g/mol. The van der Waals surface area contributed by atoms with Crippen molar-refractivity contribution in [3.8, 4) is 11.5 Å². The summed E-state index contributed by atoms with van der Waals surface area (Å²) >= 11 is 16.2. The lowest BCUT2D eigenvalue weighted by Gasteiger charge is -2.28. The molecule has 1 aliphatic heterocycles. The second kappa shape index (κ2) is 15.5. The topological polar surface area (TPSA) is 90.0 Å². The lowest BCUT2D eigenvalue weighted by molar-refractivity contribution is -0.869. The molecule has 0 bridgehead atoms. The second-order valence-electron chi connectivity index (χ2n) is 11.0. The molecule has 2 aromatic carbocycles. The molecular weight excluding hydrogens is 674 g/mol. The zero-order valence-corrected chi connectivity index (χ0v) is 28.1. The summed E-state index contributed by atoms with van der Waals surface area (Å²) in [5.74, 6) is -1.40. The van der Waals surface area contributed by atoms with E-state index in [-0.39, 0.29) is 11.8 Å². The predicted octanol–water partition coefficient (Wildman–Crippen LogP) is 6.00. The molecule has 1 aliphatic rings. The molecule has 3 aromatic rings. The molecule has 244 valence electrons. The van der Waals surface area contributed by atoms with Crippen LogP contribution in [0.4, 0.5) is 18.9 Å². The van der Waals surface area contributed by atoms with Gasteiger partial charge in [-0.1, -0.05) is 35.3 Å². The van der Waals surface area contributed by atoms with Crippen molar-refractivity contribution < 1.29 is 41.9 Å². The Labute approximate surface area is 277 Å². The Bertz CT molecular complexity index is 1530. The van der Waals surface area contributed by atoms with Crippen LogP contribution in [0.25, 0.3) is 0 Å². The number of alkyl halides is 3. The van der Waals surface area contributed by atoms with E-state index < -0.39 is 12.1 Å². The van der Waals surface area contributed by atoms with E-state index in [1.807, 2.05) is 36.7 Å². The lowest BCUT2D eigenvalue weighted by Crippen LogP contribution is -2.42. The molecule has 8 nitrogen and oxygen atoms in total. The number of aliphatic carboxylic acids is 1. The second-order valence-corrected chi connectivity index (χ2v) is 13.8. The molecule has 0 fully saturated rings. The van der Waals surface area contributed by atoms with E-state index in [4.69, 9.17) is 37.8 Å². The molecule has 0 spiro atoms. The Morgan fingerprint density at radius 3 is 2.38 bits per heavy atom. The third-order valence-corrected chi connectivity index (χ3v) is 9.06. The van der Waals surface area contributed by atoms with Crippen molar-refractivity contribution >= 4 is 69.8 Å². The Hall–Kier alpha value is -2.97. The number of thiophene rings is 1. The Morgan fingerprint density at radius 1 is 1.07 bits per heavy atom. The van der Waals surface area contributed by atoms with E-state index in [1.54, 1.807) is 39.8 Å². The summed E-state index contributed by atoms with van der Waals surface area (Å²) in [6, 6.07) is 13.1. The average Bonchev–Trinajstić information content (AvgIpc) is 3.43. The maximum Gasteiger partial charge on any atom is 0.430 e. The highest BCUT2D eigenvalue weighted by Gasteiger charge is 2.29. The maximum absolute atomic E-state index is 13.5. The highest BCUT2D eigenvalue weighted by molar-refractivity contribution is 7.99. The highest BCUT2D eigenvalue weighted by atomic mass is 35.5. The molecule has 1 aromatic heterocycles. The van der Waals surface area contributed by atoms with Gasteiger partial charge in [-0.05, 0) is 41.6 Å². The van der Waals surface area contributed by atoms with Crippen molar-refractivity contribution in [3.05, 3.63) is 68.3 Å². The summed E-state index contributed by atoms with van der Waals surface area (Å²) in [5, 5.41) is 11.5. The van der Waals surface area contributed by atoms with E-state index in [1.165, 1.54) is 11.3 Å². The molecule has 0 radical (unpaired) electrons. The number of para-hydroxylation sites is 1. The van der Waals surface area contributed by atoms with Crippen LogP contribution >= 0.6 is 46.3 Å². The van der Waals surface area contributed by atoms with Crippen LogP contribution in [-0.2, 0) is 16.0 Å². The van der Waals surface area contributed by atoms with Gasteiger partial charge in [-0.15, -0.1) is 23.1 Å². The third-order valence-electron chi connectivity index (χ3n) is 6.49. The number of rotatable bonds is 9. The zero-order valence-electron chi connectivity index (χ0n) is 25.0. The molecule has 15 heteroatoms. The summed E-state index contributed by atoms with van der Waals surface area (Å²) in [6.45, 7) is 2.19. The number of quaternary nitrogens is 1. The first-order chi connectivity index (χ1) is 21.0. The maximum atomic E-state index is 13.5. The number of thioether (sulfide) groups is 1. The Kier molecular flexibility index (Phi) is 12.6. The van der Waals surface area contributed by atoms with Crippen molar-refractivity contribution in [2.24, 2.45) is 0 Å². The number of fused-ring (bicyclic) bond motifs is 1. The summed E-state index contributed by atoms with van der Waals surface area (Å²) in [7, 11) is 8.13. The van der Waals surface area contributed by atoms with Gasteiger partial charge in [0.2, 0.25) is 5.91 Å². The minimum absolute atomic E-state index is 0.0603. The number of benzene rings is 2. The fourth-order valence-electron chi connectivity index (χ4n) is 4.00. The van der Waals surface area contributed by atoms with Crippen molar-refractivity contribution in [3.63, 3.8) is 0 Å². The van der Waals surface area contributed by atoms with Crippen LogP contribution in [0, 0.1) is 0 Å². The van der Waals surface area contributed by atoms with E-state index in [9.17, 15) is 22.8 Å². The number of aryl methyl sites for hydroxylation is 1. The van der Waals surface area contributed by atoms with Crippen molar-refractivity contribution in [2.75, 3.05) is 58.5 Å². The number of carbonyl (C=O) groups is 3. The molecule has 0 saturated heterocycles. The molecule has 2 heterocycles. The first-order valence-corrected chi connectivity index (χ1v) is 16.2. The quantitative estimate of drug-likeness (QED) is 0.254. The molecule has 45 heavy (non-hydrogen) atoms.